The number of rotatable bonds is 3. The number of phenolic OH excluding ortho intramolecular Hbond substituents is 1. The molecule has 7 aromatic rings. The SMILES string of the molecule is Oc1ccc(Cl)cc1-c1cccc2c1ccc1c(-c3ccccc3)c3ccccc3c(-c3ccccc3)c12. The molecule has 180 valence electrons. The third kappa shape index (κ3) is 3.55. The third-order valence-corrected chi connectivity index (χ3v) is 7.66. The monoisotopic (exact) mass is 506 g/mol. The predicted molar refractivity (Wildman–Crippen MR) is 162 cm³/mol. The molecule has 1 nitrogen and oxygen atoms in total. The second-order valence-corrected chi connectivity index (χ2v) is 10.0. The first-order valence-electron chi connectivity index (χ1n) is 12.7. The summed E-state index contributed by atoms with van der Waals surface area (Å²) in [6.45, 7) is 0. The van der Waals surface area contributed by atoms with Crippen LogP contribution in [0.4, 0.5) is 0 Å². The Bertz CT molecular complexity index is 1980. The molecule has 7 aromatic carbocycles. The highest BCUT2D eigenvalue weighted by Crippen LogP contribution is 2.47. The van der Waals surface area contributed by atoms with Crippen LogP contribution in [0, 0.1) is 0 Å². The van der Waals surface area contributed by atoms with E-state index in [1.54, 1.807) is 12.1 Å². The lowest BCUT2D eigenvalue weighted by Gasteiger charge is -2.20. The van der Waals surface area contributed by atoms with Gasteiger partial charge in [-0.25, -0.2) is 0 Å². The molecule has 1 N–H and O–H groups in total. The van der Waals surface area contributed by atoms with Gasteiger partial charge in [0.15, 0.2) is 0 Å². The van der Waals surface area contributed by atoms with Crippen molar-refractivity contribution in [1.29, 1.82) is 0 Å². The quantitative estimate of drug-likeness (QED) is 0.186. The Morgan fingerprint density at radius 3 is 1.71 bits per heavy atom. The van der Waals surface area contributed by atoms with Gasteiger partial charge in [0.05, 0.1) is 0 Å². The largest absolute Gasteiger partial charge is 0.507 e. The molecule has 0 fully saturated rings. The first-order chi connectivity index (χ1) is 18.7. The zero-order valence-corrected chi connectivity index (χ0v) is 21.3. The standard InChI is InChI=1S/C36H23ClO/c37-25-18-21-33(38)32(22-25)26-16-9-17-28-27(26)19-20-31-34(23-10-3-1-4-11-23)29-14-7-8-15-30(29)35(36(28)31)24-12-5-2-6-13-24/h1-22,38H. The van der Waals surface area contributed by atoms with Gasteiger partial charge in [-0.15, -0.1) is 0 Å². The molecule has 0 aromatic heterocycles. The number of phenols is 1. The molecular weight excluding hydrogens is 484 g/mol. The van der Waals surface area contributed by atoms with Crippen LogP contribution in [-0.2, 0) is 0 Å². The Balaban J connectivity index is 1.72. The molecule has 0 saturated carbocycles. The van der Waals surface area contributed by atoms with Gasteiger partial charge in [-0.3, -0.25) is 0 Å². The van der Waals surface area contributed by atoms with Gasteiger partial charge in [0, 0.05) is 10.6 Å². The summed E-state index contributed by atoms with van der Waals surface area (Å²) in [6, 6.07) is 45.9. The van der Waals surface area contributed by atoms with Gasteiger partial charge in [-0.1, -0.05) is 127 Å². The lowest BCUT2D eigenvalue weighted by Crippen LogP contribution is -1.92. The van der Waals surface area contributed by atoms with Gasteiger partial charge in [-0.05, 0) is 78.3 Å². The summed E-state index contributed by atoms with van der Waals surface area (Å²) in [5.74, 6) is 0.216. The number of aromatic hydroxyl groups is 1. The zero-order valence-electron chi connectivity index (χ0n) is 20.5. The lowest BCUT2D eigenvalue weighted by molar-refractivity contribution is 0.477. The Morgan fingerprint density at radius 2 is 1.00 bits per heavy atom. The zero-order chi connectivity index (χ0) is 25.6. The van der Waals surface area contributed by atoms with Crippen molar-refractivity contribution >= 4 is 43.9 Å². The maximum absolute atomic E-state index is 10.8. The van der Waals surface area contributed by atoms with Gasteiger partial charge >= 0.3 is 0 Å². The van der Waals surface area contributed by atoms with E-state index >= 15 is 0 Å². The number of fused-ring (bicyclic) bond motifs is 4. The van der Waals surface area contributed by atoms with E-state index in [-0.39, 0.29) is 5.75 Å². The molecule has 0 radical (unpaired) electrons. The van der Waals surface area contributed by atoms with Crippen LogP contribution >= 0.6 is 11.6 Å². The van der Waals surface area contributed by atoms with Crippen LogP contribution in [0.5, 0.6) is 5.75 Å². The molecule has 0 amide bonds. The highest BCUT2D eigenvalue weighted by Gasteiger charge is 2.19. The average Bonchev–Trinajstić information content (AvgIpc) is 2.97. The smallest absolute Gasteiger partial charge is 0.123 e. The lowest BCUT2D eigenvalue weighted by atomic mass is 9.83. The third-order valence-electron chi connectivity index (χ3n) is 7.42. The molecule has 38 heavy (non-hydrogen) atoms. The molecule has 0 spiro atoms. The molecule has 7 rings (SSSR count). The second-order valence-electron chi connectivity index (χ2n) is 9.58. The van der Waals surface area contributed by atoms with Gasteiger partial charge in [0.25, 0.3) is 0 Å². The molecule has 0 bridgehead atoms. The molecule has 0 atom stereocenters. The fraction of sp³-hybridized carbons (Fsp3) is 0. The Hall–Kier alpha value is -4.59. The van der Waals surface area contributed by atoms with Crippen molar-refractivity contribution < 1.29 is 5.11 Å². The van der Waals surface area contributed by atoms with Crippen LogP contribution in [0.25, 0.3) is 65.7 Å². The van der Waals surface area contributed by atoms with Crippen LogP contribution in [-0.4, -0.2) is 5.11 Å². The minimum absolute atomic E-state index is 0.216. The van der Waals surface area contributed by atoms with Crippen LogP contribution in [0.15, 0.2) is 133 Å². The second kappa shape index (κ2) is 9.06. The first-order valence-corrected chi connectivity index (χ1v) is 13.1. The maximum atomic E-state index is 10.8. The highest BCUT2D eigenvalue weighted by atomic mass is 35.5. The fourth-order valence-electron chi connectivity index (χ4n) is 5.81. The van der Waals surface area contributed by atoms with Crippen molar-refractivity contribution in [2.75, 3.05) is 0 Å². The Morgan fingerprint density at radius 1 is 0.421 bits per heavy atom. The van der Waals surface area contributed by atoms with Crippen molar-refractivity contribution in [2.24, 2.45) is 0 Å². The Kier molecular flexibility index (Phi) is 5.39. The van der Waals surface area contributed by atoms with Crippen molar-refractivity contribution in [2.45, 2.75) is 0 Å². The van der Waals surface area contributed by atoms with Crippen molar-refractivity contribution in [3.05, 3.63) is 138 Å². The number of halogens is 1. The minimum atomic E-state index is 0.216. The molecule has 0 unspecified atom stereocenters. The summed E-state index contributed by atoms with van der Waals surface area (Å²) in [6.07, 6.45) is 0. The molecule has 0 saturated heterocycles. The van der Waals surface area contributed by atoms with E-state index in [4.69, 9.17) is 11.6 Å². The van der Waals surface area contributed by atoms with E-state index in [1.165, 1.54) is 43.8 Å². The van der Waals surface area contributed by atoms with Crippen LogP contribution in [0.3, 0.4) is 0 Å². The molecule has 0 aliphatic rings. The van der Waals surface area contributed by atoms with E-state index in [9.17, 15) is 5.11 Å². The van der Waals surface area contributed by atoms with E-state index in [0.29, 0.717) is 5.02 Å². The van der Waals surface area contributed by atoms with E-state index < -0.39 is 0 Å². The summed E-state index contributed by atoms with van der Waals surface area (Å²) < 4.78 is 0. The summed E-state index contributed by atoms with van der Waals surface area (Å²) in [4.78, 5) is 0. The average molecular weight is 507 g/mol. The van der Waals surface area contributed by atoms with Gasteiger partial charge in [0.2, 0.25) is 0 Å². The van der Waals surface area contributed by atoms with Crippen LogP contribution < -0.4 is 0 Å². The van der Waals surface area contributed by atoms with Crippen molar-refractivity contribution in [3.8, 4) is 39.1 Å². The summed E-state index contributed by atoms with van der Waals surface area (Å²) >= 11 is 6.36. The van der Waals surface area contributed by atoms with E-state index in [1.807, 2.05) is 6.07 Å². The summed E-state index contributed by atoms with van der Waals surface area (Å²) in [5, 5.41) is 18.4. The summed E-state index contributed by atoms with van der Waals surface area (Å²) in [7, 11) is 0. The normalized spacial score (nSPS) is 11.4. The summed E-state index contributed by atoms with van der Waals surface area (Å²) in [5.41, 5.74) is 6.50. The first kappa shape index (κ1) is 22.6. The van der Waals surface area contributed by atoms with Gasteiger partial charge in [0.1, 0.15) is 5.75 Å². The van der Waals surface area contributed by atoms with Gasteiger partial charge in [-0.2, -0.15) is 0 Å². The molecule has 2 heteroatoms. The number of hydrogen-bond acceptors (Lipinski definition) is 1. The number of hydrogen-bond donors (Lipinski definition) is 1. The van der Waals surface area contributed by atoms with Crippen LogP contribution in [0.1, 0.15) is 0 Å². The number of benzene rings is 7. The predicted octanol–water partition coefficient (Wildman–Crippen LogP) is 10.5. The van der Waals surface area contributed by atoms with Crippen molar-refractivity contribution in [1.82, 2.24) is 0 Å². The Labute approximate surface area is 226 Å². The highest BCUT2D eigenvalue weighted by molar-refractivity contribution is 6.31. The van der Waals surface area contributed by atoms with Crippen molar-refractivity contribution in [3.63, 3.8) is 0 Å². The van der Waals surface area contributed by atoms with Crippen LogP contribution in [0.2, 0.25) is 5.02 Å². The fourth-order valence-corrected chi connectivity index (χ4v) is 5.99. The topological polar surface area (TPSA) is 20.2 Å². The van der Waals surface area contributed by atoms with E-state index in [0.717, 1.165) is 21.9 Å². The van der Waals surface area contributed by atoms with E-state index in [2.05, 4.69) is 115 Å². The molecule has 0 aliphatic carbocycles. The van der Waals surface area contributed by atoms with Gasteiger partial charge < -0.3 is 5.11 Å². The maximum Gasteiger partial charge on any atom is 0.123 e. The minimum Gasteiger partial charge on any atom is -0.507 e. The molecule has 0 heterocycles. The molecular formula is C36H23ClO. The molecule has 0 aliphatic heterocycles.